The van der Waals surface area contributed by atoms with Crippen molar-refractivity contribution in [3.63, 3.8) is 0 Å². The average molecular weight is 368 g/mol. The molecule has 1 aromatic carbocycles. The third-order valence-corrected chi connectivity index (χ3v) is 5.20. The Bertz CT molecular complexity index is 1220. The number of carbonyl (C=O) groups excluding carboxylic acids is 1. The smallest absolute Gasteiger partial charge is 0.348 e. The first-order valence-corrected chi connectivity index (χ1v) is 8.84. The lowest BCUT2D eigenvalue weighted by Crippen LogP contribution is -2.20. The maximum atomic E-state index is 12.6. The number of fused-ring (bicyclic) bond motifs is 3. The molecule has 0 bridgehead atoms. The van der Waals surface area contributed by atoms with Gasteiger partial charge in [0.1, 0.15) is 4.88 Å². The van der Waals surface area contributed by atoms with Gasteiger partial charge in [-0.3, -0.25) is 13.8 Å². The fourth-order valence-electron chi connectivity index (χ4n) is 2.90. The van der Waals surface area contributed by atoms with Crippen molar-refractivity contribution in [2.45, 2.75) is 20.5 Å². The Morgan fingerprint density at radius 3 is 2.73 bits per heavy atom. The molecule has 4 rings (SSSR count). The molecule has 0 amide bonds. The minimum Gasteiger partial charge on any atom is -0.453 e. The Morgan fingerprint density at radius 1 is 1.19 bits per heavy atom. The zero-order valence-electron chi connectivity index (χ0n) is 14.5. The number of carbonyl (C=O) groups is 1. The van der Waals surface area contributed by atoms with E-state index in [1.165, 1.54) is 15.9 Å². The van der Waals surface area contributed by atoms with Crippen molar-refractivity contribution in [3.05, 3.63) is 61.8 Å². The van der Waals surface area contributed by atoms with Crippen molar-refractivity contribution < 1.29 is 9.53 Å². The summed E-state index contributed by atoms with van der Waals surface area (Å²) in [5.41, 5.74) is 1.54. The van der Waals surface area contributed by atoms with Gasteiger partial charge in [0.25, 0.3) is 5.56 Å². The van der Waals surface area contributed by atoms with E-state index < -0.39 is 5.97 Å². The van der Waals surface area contributed by atoms with Gasteiger partial charge < -0.3 is 4.74 Å². The molecule has 0 aliphatic heterocycles. The topological polar surface area (TPSA) is 78.5 Å². The van der Waals surface area contributed by atoms with Gasteiger partial charge in [0, 0.05) is 11.9 Å². The molecule has 132 valence electrons. The molecule has 7 nitrogen and oxygen atoms in total. The molecule has 26 heavy (non-hydrogen) atoms. The summed E-state index contributed by atoms with van der Waals surface area (Å²) in [4.78, 5) is 26.3. The highest BCUT2D eigenvalue weighted by molar-refractivity contribution is 7.13. The molecule has 0 saturated heterocycles. The molecule has 3 aromatic heterocycles. The van der Waals surface area contributed by atoms with Crippen molar-refractivity contribution in [3.8, 4) is 0 Å². The number of rotatable bonds is 3. The van der Waals surface area contributed by atoms with Crippen LogP contribution in [0.5, 0.6) is 0 Å². The molecule has 0 unspecified atom stereocenters. The highest BCUT2D eigenvalue weighted by Crippen LogP contribution is 2.18. The van der Waals surface area contributed by atoms with Crippen molar-refractivity contribution >= 4 is 34.0 Å². The molecule has 0 spiro atoms. The van der Waals surface area contributed by atoms with E-state index in [-0.39, 0.29) is 12.2 Å². The van der Waals surface area contributed by atoms with Crippen LogP contribution in [0.25, 0.3) is 16.7 Å². The second kappa shape index (κ2) is 6.06. The van der Waals surface area contributed by atoms with E-state index in [0.29, 0.717) is 27.4 Å². The van der Waals surface area contributed by atoms with Crippen LogP contribution in [0.2, 0.25) is 0 Å². The van der Waals surface area contributed by atoms with E-state index in [2.05, 4.69) is 10.2 Å². The van der Waals surface area contributed by atoms with Gasteiger partial charge in [-0.2, -0.15) is 0 Å². The summed E-state index contributed by atoms with van der Waals surface area (Å²) in [6, 6.07) is 9.23. The number of thiophene rings is 1. The normalized spacial score (nSPS) is 11.3. The largest absolute Gasteiger partial charge is 0.453 e. The average Bonchev–Trinajstić information content (AvgIpc) is 3.24. The van der Waals surface area contributed by atoms with Crippen LogP contribution in [0.1, 0.15) is 25.9 Å². The van der Waals surface area contributed by atoms with Gasteiger partial charge in [-0.1, -0.05) is 11.6 Å². The molecule has 3 heterocycles. The highest BCUT2D eigenvalue weighted by atomic mass is 32.1. The summed E-state index contributed by atoms with van der Waals surface area (Å²) in [7, 11) is 1.65. The fourth-order valence-corrected chi connectivity index (χ4v) is 3.66. The predicted molar refractivity (Wildman–Crippen MR) is 98.6 cm³/mol. The molecule has 4 aromatic rings. The van der Waals surface area contributed by atoms with Gasteiger partial charge in [0.2, 0.25) is 5.78 Å². The molecular weight excluding hydrogens is 352 g/mol. The van der Waals surface area contributed by atoms with E-state index in [0.717, 1.165) is 10.4 Å². The number of hydrogen-bond donors (Lipinski definition) is 0. The lowest BCUT2D eigenvalue weighted by Gasteiger charge is -2.08. The second-order valence-electron chi connectivity index (χ2n) is 6.12. The van der Waals surface area contributed by atoms with E-state index in [4.69, 9.17) is 4.74 Å². The summed E-state index contributed by atoms with van der Waals surface area (Å²) in [5.74, 6) is 0.472. The third-order valence-electron chi connectivity index (χ3n) is 4.21. The standard InChI is InChI=1S/C18H16N4O3S/c1-10-4-6-13-12(8-10)16(23)21(3)18-20-19-15(22(13)18)9-25-17(24)14-7-5-11(2)26-14/h4-8H,9H2,1-3H3. The minimum absolute atomic E-state index is 0.0296. The van der Waals surface area contributed by atoms with Crippen LogP contribution in [0.15, 0.2) is 35.1 Å². The van der Waals surface area contributed by atoms with Crippen LogP contribution >= 0.6 is 11.3 Å². The first-order valence-electron chi connectivity index (χ1n) is 8.02. The Labute approximate surface area is 152 Å². The Hall–Kier alpha value is -3.00. The molecule has 0 atom stereocenters. The zero-order valence-corrected chi connectivity index (χ0v) is 15.3. The number of ether oxygens (including phenoxy) is 1. The molecule has 0 radical (unpaired) electrons. The fraction of sp³-hybridized carbons (Fsp3) is 0.222. The maximum absolute atomic E-state index is 12.6. The summed E-state index contributed by atoms with van der Waals surface area (Å²) in [6.07, 6.45) is 0. The van der Waals surface area contributed by atoms with Crippen LogP contribution in [-0.2, 0) is 18.4 Å². The number of aromatic nitrogens is 4. The van der Waals surface area contributed by atoms with Gasteiger partial charge >= 0.3 is 5.97 Å². The molecule has 8 heteroatoms. The van der Waals surface area contributed by atoms with Crippen molar-refractivity contribution in [1.29, 1.82) is 0 Å². The van der Waals surface area contributed by atoms with Gasteiger partial charge in [-0.25, -0.2) is 4.79 Å². The first kappa shape index (κ1) is 16.5. The summed E-state index contributed by atoms with van der Waals surface area (Å²) >= 11 is 1.38. The van der Waals surface area contributed by atoms with E-state index in [9.17, 15) is 9.59 Å². The van der Waals surface area contributed by atoms with Crippen LogP contribution in [0.3, 0.4) is 0 Å². The number of aryl methyl sites for hydroxylation is 3. The number of nitrogens with zero attached hydrogens (tertiary/aromatic N) is 4. The van der Waals surface area contributed by atoms with E-state index in [1.54, 1.807) is 17.5 Å². The monoisotopic (exact) mass is 368 g/mol. The lowest BCUT2D eigenvalue weighted by molar-refractivity contribution is 0.0467. The van der Waals surface area contributed by atoms with E-state index in [1.807, 2.05) is 38.1 Å². The molecule has 0 fully saturated rings. The van der Waals surface area contributed by atoms with Crippen LogP contribution in [0, 0.1) is 13.8 Å². The quantitative estimate of drug-likeness (QED) is 0.520. The maximum Gasteiger partial charge on any atom is 0.348 e. The predicted octanol–water partition coefficient (Wildman–Crippen LogP) is 2.62. The SMILES string of the molecule is Cc1ccc2c(c1)c(=O)n(C)c1nnc(COC(=O)c3ccc(C)s3)n21. The Balaban J connectivity index is 1.78. The van der Waals surface area contributed by atoms with Gasteiger partial charge in [-0.15, -0.1) is 21.5 Å². The second-order valence-corrected chi connectivity index (χ2v) is 7.41. The summed E-state index contributed by atoms with van der Waals surface area (Å²) in [6.45, 7) is 3.83. The lowest BCUT2D eigenvalue weighted by atomic mass is 10.1. The molecule has 0 N–H and O–H groups in total. The van der Waals surface area contributed by atoms with Crippen molar-refractivity contribution in [1.82, 2.24) is 19.2 Å². The number of esters is 1. The minimum atomic E-state index is -0.398. The number of benzene rings is 1. The third kappa shape index (κ3) is 2.59. The van der Waals surface area contributed by atoms with Crippen molar-refractivity contribution in [2.75, 3.05) is 0 Å². The first-order chi connectivity index (χ1) is 12.5. The van der Waals surface area contributed by atoms with Crippen LogP contribution in [0.4, 0.5) is 0 Å². The van der Waals surface area contributed by atoms with E-state index >= 15 is 0 Å². The summed E-state index contributed by atoms with van der Waals surface area (Å²) < 4.78 is 8.60. The van der Waals surface area contributed by atoms with Crippen molar-refractivity contribution in [2.24, 2.45) is 7.05 Å². The Kier molecular flexibility index (Phi) is 3.84. The molecule has 0 saturated carbocycles. The Morgan fingerprint density at radius 2 is 2.00 bits per heavy atom. The van der Waals surface area contributed by atoms with Gasteiger partial charge in [-0.05, 0) is 38.1 Å². The number of hydrogen-bond acceptors (Lipinski definition) is 6. The van der Waals surface area contributed by atoms with Crippen LogP contribution < -0.4 is 5.56 Å². The highest BCUT2D eigenvalue weighted by Gasteiger charge is 2.17. The molecular formula is C18H16N4O3S. The van der Waals surface area contributed by atoms with Crippen LogP contribution in [-0.4, -0.2) is 25.1 Å². The zero-order chi connectivity index (χ0) is 18.4. The molecule has 0 aliphatic rings. The summed E-state index contributed by atoms with van der Waals surface area (Å²) in [5, 5.41) is 8.78. The van der Waals surface area contributed by atoms with Gasteiger partial charge in [0.15, 0.2) is 12.4 Å². The van der Waals surface area contributed by atoms with Gasteiger partial charge in [0.05, 0.1) is 10.9 Å². The molecule has 0 aliphatic carbocycles.